The topological polar surface area (TPSA) is 48.1 Å². The number of hydrogen-bond acceptors (Lipinski definition) is 4. The molecule has 9 aromatic rings. The molecule has 2 heterocycles. The summed E-state index contributed by atoms with van der Waals surface area (Å²) in [7, 11) is 0. The Bertz CT molecular complexity index is 2760. The number of rotatable bonds is 4. The molecule has 4 N–H and O–H groups in total. The third-order valence-corrected chi connectivity index (χ3v) is 11.4. The molecule has 56 heavy (non-hydrogen) atoms. The van der Waals surface area contributed by atoms with E-state index in [1.54, 1.807) is 0 Å². The van der Waals surface area contributed by atoms with Crippen molar-refractivity contribution in [1.82, 2.24) is 0 Å². The van der Waals surface area contributed by atoms with Crippen LogP contribution in [0.3, 0.4) is 0 Å². The third-order valence-electron chi connectivity index (χ3n) is 11.4. The molecule has 2 aliphatic rings. The van der Waals surface area contributed by atoms with Crippen LogP contribution in [0.15, 0.2) is 158 Å². The van der Waals surface area contributed by atoms with Crippen LogP contribution < -0.4 is 21.3 Å². The van der Waals surface area contributed by atoms with Gasteiger partial charge in [0.25, 0.3) is 0 Å². The molecule has 0 fully saturated rings. The van der Waals surface area contributed by atoms with Gasteiger partial charge in [0.05, 0.1) is 22.7 Å². The Morgan fingerprint density at radius 3 is 0.839 bits per heavy atom. The van der Waals surface area contributed by atoms with Crippen molar-refractivity contribution in [3.8, 4) is 44.5 Å². The number of fused-ring (bicyclic) bond motifs is 12. The monoisotopic (exact) mass is 724 g/mol. The summed E-state index contributed by atoms with van der Waals surface area (Å²) in [5.41, 5.74) is 14.5. The van der Waals surface area contributed by atoms with E-state index < -0.39 is 0 Å². The van der Waals surface area contributed by atoms with Crippen molar-refractivity contribution in [3.05, 3.63) is 158 Å². The van der Waals surface area contributed by atoms with E-state index in [0.29, 0.717) is 0 Å². The molecule has 0 amide bonds. The van der Waals surface area contributed by atoms with Gasteiger partial charge < -0.3 is 21.3 Å². The Morgan fingerprint density at radius 2 is 0.518 bits per heavy atom. The molecule has 0 aliphatic carbocycles. The van der Waals surface area contributed by atoms with Crippen LogP contribution in [0, 0.1) is 0 Å². The van der Waals surface area contributed by atoms with Crippen LogP contribution >= 0.6 is 0 Å². The lowest BCUT2D eigenvalue weighted by Gasteiger charge is -2.24. The van der Waals surface area contributed by atoms with Crippen LogP contribution in [-0.4, -0.2) is 26.2 Å². The molecule has 0 saturated carbocycles. The first-order valence-electron chi connectivity index (χ1n) is 20.0. The number of nitrogens with one attached hydrogen (secondary N) is 4. The maximum atomic E-state index is 3.68. The van der Waals surface area contributed by atoms with Gasteiger partial charge in [-0.3, -0.25) is 0 Å². The molecule has 11 rings (SSSR count). The second-order valence-corrected chi connectivity index (χ2v) is 14.6. The Balaban J connectivity index is 0.00000189. The lowest BCUT2D eigenvalue weighted by atomic mass is 9.92. The van der Waals surface area contributed by atoms with Crippen molar-refractivity contribution in [2.45, 2.75) is 13.8 Å². The number of anilines is 4. The smallest absolute Gasteiger partial charge is 0.0662 e. The molecule has 4 nitrogen and oxygen atoms in total. The van der Waals surface area contributed by atoms with Gasteiger partial charge in [-0.1, -0.05) is 141 Å². The Hall–Kier alpha value is -6.78. The van der Waals surface area contributed by atoms with Gasteiger partial charge in [0, 0.05) is 47.7 Å². The van der Waals surface area contributed by atoms with Crippen LogP contribution in [-0.2, 0) is 0 Å². The van der Waals surface area contributed by atoms with Crippen molar-refractivity contribution in [3.63, 3.8) is 0 Å². The van der Waals surface area contributed by atoms with Crippen molar-refractivity contribution >= 4 is 65.8 Å². The first-order valence-corrected chi connectivity index (χ1v) is 20.0. The van der Waals surface area contributed by atoms with E-state index in [2.05, 4.69) is 179 Å². The SMILES string of the molecule is CC.c1cc(-c2cccc(-c3ccc4c5c(c6ccccc6c4c3)NCCN5)c2)cc(-c2cccc(-c3ccc4c5c(c6ccccc6c4c3)NCCN5)c2)c1. The van der Waals surface area contributed by atoms with Gasteiger partial charge in [0.15, 0.2) is 0 Å². The Kier molecular flexibility index (Phi) is 8.52. The van der Waals surface area contributed by atoms with Crippen molar-refractivity contribution in [2.75, 3.05) is 47.4 Å². The van der Waals surface area contributed by atoms with Crippen LogP contribution in [0.5, 0.6) is 0 Å². The van der Waals surface area contributed by atoms with Gasteiger partial charge in [-0.05, 0) is 96.4 Å². The quantitative estimate of drug-likeness (QED) is 0.137. The van der Waals surface area contributed by atoms with Crippen molar-refractivity contribution in [1.29, 1.82) is 0 Å². The van der Waals surface area contributed by atoms with E-state index in [4.69, 9.17) is 0 Å². The number of benzene rings is 9. The minimum atomic E-state index is 0.923. The summed E-state index contributed by atoms with van der Waals surface area (Å²) in [5, 5.41) is 24.8. The average molecular weight is 725 g/mol. The van der Waals surface area contributed by atoms with Gasteiger partial charge in [0.1, 0.15) is 0 Å². The first kappa shape index (κ1) is 33.8. The predicted octanol–water partition coefficient (Wildman–Crippen LogP) is 13.7. The molecule has 2 aliphatic heterocycles. The zero-order valence-corrected chi connectivity index (χ0v) is 31.8. The molecule has 272 valence electrons. The van der Waals surface area contributed by atoms with E-state index in [-0.39, 0.29) is 0 Å². The molecule has 0 spiro atoms. The molecule has 0 atom stereocenters. The molecular formula is C52H44N4. The molecule has 0 bridgehead atoms. The molecule has 0 unspecified atom stereocenters. The van der Waals surface area contributed by atoms with E-state index >= 15 is 0 Å². The fourth-order valence-corrected chi connectivity index (χ4v) is 8.86. The largest absolute Gasteiger partial charge is 0.381 e. The molecular weight excluding hydrogens is 681 g/mol. The molecule has 0 saturated heterocycles. The highest BCUT2D eigenvalue weighted by Crippen LogP contribution is 2.44. The molecule has 4 heteroatoms. The van der Waals surface area contributed by atoms with Crippen LogP contribution in [0.2, 0.25) is 0 Å². The van der Waals surface area contributed by atoms with E-state index in [1.807, 2.05) is 13.8 Å². The van der Waals surface area contributed by atoms with Gasteiger partial charge in [-0.15, -0.1) is 0 Å². The standard InChI is InChI=1S/C50H38N4.C2H6/c1-3-16-41-39(14-1)45-29-37(18-20-43(45)49-47(41)51-22-24-53-49)35-12-6-10-33(27-35)31-8-5-9-32(26-31)34-11-7-13-36(28-34)38-19-21-44-46(30-38)40-15-2-4-17-42(40)48-50(44)54-25-23-52-48;1-2/h1-21,26-30,51-54H,22-25H2;1-2H3. The van der Waals surface area contributed by atoms with Gasteiger partial charge in [-0.2, -0.15) is 0 Å². The van der Waals surface area contributed by atoms with Crippen LogP contribution in [0.25, 0.3) is 87.6 Å². The minimum Gasteiger partial charge on any atom is -0.381 e. The first-order chi connectivity index (χ1) is 27.8. The van der Waals surface area contributed by atoms with Crippen molar-refractivity contribution < 1.29 is 0 Å². The highest BCUT2D eigenvalue weighted by molar-refractivity contribution is 6.22. The maximum absolute atomic E-state index is 3.68. The normalized spacial score (nSPS) is 13.1. The summed E-state index contributed by atoms with van der Waals surface area (Å²) in [6, 6.07) is 58.3. The summed E-state index contributed by atoms with van der Waals surface area (Å²) in [4.78, 5) is 0. The summed E-state index contributed by atoms with van der Waals surface area (Å²) >= 11 is 0. The lowest BCUT2D eigenvalue weighted by Crippen LogP contribution is -2.21. The fraction of sp³-hybridized carbons (Fsp3) is 0.115. The zero-order chi connectivity index (χ0) is 37.6. The maximum Gasteiger partial charge on any atom is 0.0662 e. The molecule has 9 aromatic carbocycles. The molecule has 0 radical (unpaired) electrons. The summed E-state index contributed by atoms with van der Waals surface area (Å²) < 4.78 is 0. The van der Waals surface area contributed by atoms with E-state index in [0.717, 1.165) is 26.2 Å². The summed E-state index contributed by atoms with van der Waals surface area (Å²) in [6.45, 7) is 7.71. The van der Waals surface area contributed by atoms with E-state index in [9.17, 15) is 0 Å². The second-order valence-electron chi connectivity index (χ2n) is 14.6. The highest BCUT2D eigenvalue weighted by Gasteiger charge is 2.19. The molecule has 0 aromatic heterocycles. The average Bonchev–Trinajstić information content (AvgIpc) is 3.29. The van der Waals surface area contributed by atoms with Crippen LogP contribution in [0.1, 0.15) is 13.8 Å². The summed E-state index contributed by atoms with van der Waals surface area (Å²) in [6.07, 6.45) is 0. The summed E-state index contributed by atoms with van der Waals surface area (Å²) in [5.74, 6) is 0. The van der Waals surface area contributed by atoms with E-state index in [1.165, 1.54) is 110 Å². The second kappa shape index (κ2) is 14.1. The lowest BCUT2D eigenvalue weighted by molar-refractivity contribution is 1.06. The Labute approximate surface area is 328 Å². The predicted molar refractivity (Wildman–Crippen MR) is 244 cm³/mol. The van der Waals surface area contributed by atoms with Crippen LogP contribution in [0.4, 0.5) is 22.7 Å². The third kappa shape index (κ3) is 5.68. The highest BCUT2D eigenvalue weighted by atomic mass is 15.0. The zero-order valence-electron chi connectivity index (χ0n) is 31.8. The fourth-order valence-electron chi connectivity index (χ4n) is 8.86. The van der Waals surface area contributed by atoms with Gasteiger partial charge in [0.2, 0.25) is 0 Å². The van der Waals surface area contributed by atoms with Gasteiger partial charge in [-0.25, -0.2) is 0 Å². The minimum absolute atomic E-state index is 0.923. The number of hydrogen-bond donors (Lipinski definition) is 4. The van der Waals surface area contributed by atoms with Crippen molar-refractivity contribution in [2.24, 2.45) is 0 Å². The van der Waals surface area contributed by atoms with Gasteiger partial charge >= 0.3 is 0 Å². The Morgan fingerprint density at radius 1 is 0.250 bits per heavy atom.